The average Bonchev–Trinajstić information content (AvgIpc) is 3.30. The van der Waals surface area contributed by atoms with E-state index in [1.807, 2.05) is 23.9 Å². The van der Waals surface area contributed by atoms with Crippen molar-refractivity contribution in [3.8, 4) is 0 Å². The van der Waals surface area contributed by atoms with Crippen molar-refractivity contribution in [1.82, 2.24) is 25.5 Å². The Bertz CT molecular complexity index is 846. The number of amides is 1. The van der Waals surface area contributed by atoms with E-state index >= 15 is 0 Å². The van der Waals surface area contributed by atoms with E-state index in [-0.39, 0.29) is 23.5 Å². The Morgan fingerprint density at radius 1 is 1.37 bits per heavy atom. The van der Waals surface area contributed by atoms with Gasteiger partial charge < -0.3 is 10.1 Å². The summed E-state index contributed by atoms with van der Waals surface area (Å²) in [5, 5.41) is 9.04. The number of ether oxygens (including phenoxy) is 1. The van der Waals surface area contributed by atoms with Gasteiger partial charge in [0.1, 0.15) is 6.17 Å². The molecule has 0 aliphatic carbocycles. The van der Waals surface area contributed by atoms with Gasteiger partial charge in [0.2, 0.25) is 5.91 Å². The van der Waals surface area contributed by atoms with Crippen LogP contribution in [0.4, 0.5) is 0 Å². The summed E-state index contributed by atoms with van der Waals surface area (Å²) in [7, 11) is 0. The lowest BCUT2D eigenvalue weighted by Gasteiger charge is -2.25. The van der Waals surface area contributed by atoms with Gasteiger partial charge in [-0.3, -0.25) is 9.48 Å². The number of hydrogen-bond donors (Lipinski definition) is 2. The van der Waals surface area contributed by atoms with Crippen LogP contribution in [-0.2, 0) is 15.1 Å². The highest BCUT2D eigenvalue weighted by Crippen LogP contribution is 2.25. The third-order valence-corrected chi connectivity index (χ3v) is 4.62. The van der Waals surface area contributed by atoms with Crippen LogP contribution < -0.4 is 10.7 Å². The van der Waals surface area contributed by atoms with Crippen molar-refractivity contribution in [3.05, 3.63) is 24.0 Å². The molecule has 144 valence electrons. The second-order valence-electron chi connectivity index (χ2n) is 8.08. The van der Waals surface area contributed by atoms with Crippen molar-refractivity contribution >= 4 is 23.5 Å². The molecule has 0 aromatic carbocycles. The summed E-state index contributed by atoms with van der Waals surface area (Å²) in [5.41, 5.74) is 4.78. The van der Waals surface area contributed by atoms with E-state index < -0.39 is 0 Å². The monoisotopic (exact) mass is 371 g/mol. The summed E-state index contributed by atoms with van der Waals surface area (Å²) >= 11 is 0. The number of hydrogen-bond acceptors (Lipinski definition) is 7. The average molecular weight is 371 g/mol. The summed E-state index contributed by atoms with van der Waals surface area (Å²) < 4.78 is 7.89. The molecule has 4 rings (SSSR count). The number of carbonyl (C=O) groups excluding carboxylic acids is 1. The van der Waals surface area contributed by atoms with Crippen LogP contribution in [0.15, 0.2) is 28.5 Å². The van der Waals surface area contributed by atoms with Crippen LogP contribution in [-0.4, -0.2) is 51.9 Å². The van der Waals surface area contributed by atoms with Gasteiger partial charge in [-0.05, 0) is 27.7 Å². The molecule has 2 N–H and O–H groups in total. The predicted molar refractivity (Wildman–Crippen MR) is 102 cm³/mol. The quantitative estimate of drug-likeness (QED) is 0.828. The maximum Gasteiger partial charge on any atom is 0.313 e. The Balaban J connectivity index is 1.58. The lowest BCUT2D eigenvalue weighted by atomic mass is 10.1. The fraction of sp³-hybridized carbons (Fsp3) is 0.556. The highest BCUT2D eigenvalue weighted by Gasteiger charge is 2.32. The number of aromatic nitrogens is 2. The van der Waals surface area contributed by atoms with E-state index in [1.165, 1.54) is 0 Å². The van der Waals surface area contributed by atoms with Gasteiger partial charge in [-0.25, -0.2) is 15.4 Å². The number of rotatable bonds is 3. The summed E-state index contributed by atoms with van der Waals surface area (Å²) in [5.74, 6) is 0.977. The molecule has 3 aliphatic heterocycles. The third kappa shape index (κ3) is 3.59. The van der Waals surface area contributed by atoms with Crippen LogP contribution in [0.25, 0.3) is 5.70 Å². The number of fused-ring (bicyclic) bond motifs is 1. The fourth-order valence-electron chi connectivity index (χ4n) is 3.14. The van der Waals surface area contributed by atoms with Gasteiger partial charge in [0.25, 0.3) is 0 Å². The maximum absolute atomic E-state index is 11.4. The van der Waals surface area contributed by atoms with Crippen molar-refractivity contribution in [2.75, 3.05) is 13.2 Å². The highest BCUT2D eigenvalue weighted by atomic mass is 16.5. The van der Waals surface area contributed by atoms with Crippen molar-refractivity contribution in [2.24, 2.45) is 15.9 Å². The lowest BCUT2D eigenvalue weighted by Crippen LogP contribution is -2.46. The minimum Gasteiger partial charge on any atom is -0.463 e. The Morgan fingerprint density at radius 2 is 2.19 bits per heavy atom. The first-order valence-corrected chi connectivity index (χ1v) is 9.19. The fourth-order valence-corrected chi connectivity index (χ4v) is 3.14. The van der Waals surface area contributed by atoms with Gasteiger partial charge in [0.05, 0.1) is 24.0 Å². The molecule has 0 saturated carbocycles. The first-order chi connectivity index (χ1) is 12.8. The molecule has 2 atom stereocenters. The Hall–Kier alpha value is -2.68. The largest absolute Gasteiger partial charge is 0.463 e. The molecule has 4 heterocycles. The maximum atomic E-state index is 11.4. The summed E-state index contributed by atoms with van der Waals surface area (Å²) in [6, 6.07) is 0.443. The van der Waals surface area contributed by atoms with Crippen LogP contribution >= 0.6 is 0 Å². The predicted octanol–water partition coefficient (Wildman–Crippen LogP) is 1.07. The summed E-state index contributed by atoms with van der Waals surface area (Å²) in [6.07, 6.45) is 6.14. The number of amidine groups is 2. The molecule has 1 saturated heterocycles. The minimum atomic E-state index is -0.106. The molecular formula is C18H25N7O2. The molecule has 2 unspecified atom stereocenters. The summed E-state index contributed by atoms with van der Waals surface area (Å²) in [6.45, 7) is 9.32. The van der Waals surface area contributed by atoms with Crippen molar-refractivity contribution in [1.29, 1.82) is 0 Å². The molecule has 0 spiro atoms. The highest BCUT2D eigenvalue weighted by molar-refractivity contribution is 6.11. The van der Waals surface area contributed by atoms with Crippen LogP contribution in [0.5, 0.6) is 0 Å². The lowest BCUT2D eigenvalue weighted by molar-refractivity contribution is -0.119. The Labute approximate surface area is 158 Å². The third-order valence-electron chi connectivity index (χ3n) is 4.62. The Kier molecular flexibility index (Phi) is 4.26. The molecule has 9 nitrogen and oxygen atoms in total. The molecule has 27 heavy (non-hydrogen) atoms. The van der Waals surface area contributed by atoms with Crippen LogP contribution in [0, 0.1) is 5.92 Å². The number of aliphatic imine (C=N–C) groups is 2. The van der Waals surface area contributed by atoms with E-state index in [0.29, 0.717) is 25.6 Å². The second kappa shape index (κ2) is 6.49. The molecule has 0 bridgehead atoms. The Morgan fingerprint density at radius 3 is 2.85 bits per heavy atom. The molecule has 3 aliphatic rings. The van der Waals surface area contributed by atoms with Crippen molar-refractivity contribution < 1.29 is 9.53 Å². The number of nitrogens with one attached hydrogen (secondary N) is 2. The topological polar surface area (TPSA) is 96.1 Å². The first-order valence-electron chi connectivity index (χ1n) is 9.19. The van der Waals surface area contributed by atoms with Gasteiger partial charge in [-0.1, -0.05) is 0 Å². The van der Waals surface area contributed by atoms with E-state index in [0.717, 1.165) is 17.1 Å². The minimum absolute atomic E-state index is 0.0589. The number of carbonyl (C=O) groups is 1. The molecule has 1 aromatic rings. The molecule has 1 fully saturated rings. The van der Waals surface area contributed by atoms with Gasteiger partial charge in [-0.2, -0.15) is 10.1 Å². The smallest absolute Gasteiger partial charge is 0.313 e. The molecule has 9 heteroatoms. The van der Waals surface area contributed by atoms with E-state index in [2.05, 4.69) is 46.6 Å². The van der Waals surface area contributed by atoms with E-state index in [4.69, 9.17) is 4.74 Å². The molecule has 1 amide bonds. The van der Waals surface area contributed by atoms with Crippen LogP contribution in [0.3, 0.4) is 0 Å². The summed E-state index contributed by atoms with van der Waals surface area (Å²) in [4.78, 5) is 20.7. The zero-order valence-electron chi connectivity index (χ0n) is 16.1. The van der Waals surface area contributed by atoms with E-state index in [1.54, 1.807) is 11.2 Å². The van der Waals surface area contributed by atoms with Crippen molar-refractivity contribution in [3.63, 3.8) is 0 Å². The first kappa shape index (κ1) is 17.7. The number of hydrazine groups is 1. The van der Waals surface area contributed by atoms with Gasteiger partial charge in [0.15, 0.2) is 5.84 Å². The van der Waals surface area contributed by atoms with Gasteiger partial charge in [-0.15, -0.1) is 0 Å². The zero-order valence-corrected chi connectivity index (χ0v) is 16.1. The van der Waals surface area contributed by atoms with Gasteiger partial charge in [0, 0.05) is 36.7 Å². The van der Waals surface area contributed by atoms with Gasteiger partial charge >= 0.3 is 6.02 Å². The van der Waals surface area contributed by atoms with Crippen molar-refractivity contribution in [2.45, 2.75) is 45.8 Å². The van der Waals surface area contributed by atoms with Crippen LogP contribution in [0.2, 0.25) is 0 Å². The second-order valence-corrected chi connectivity index (χ2v) is 8.08. The van der Waals surface area contributed by atoms with E-state index in [9.17, 15) is 4.79 Å². The van der Waals surface area contributed by atoms with Crippen LogP contribution in [0.1, 0.15) is 39.7 Å². The standard InChI is InChI=1S/C18H25N7O2/c1-11-21-15-6-14(13-8-20-24(9-13)18(2,3)4)22-17(25(15)23-11)27-10-12-5-16(26)19-7-12/h6,8-9,11-12,23H,5,7,10H2,1-4H3,(H,19,26). The number of nitrogens with zero attached hydrogens (tertiary/aromatic N) is 5. The normalized spacial score (nSPS) is 25.0. The molecule has 1 aromatic heterocycles. The SMILES string of the molecule is CC1N=C2C=C(c3cnn(C(C)(C)C)c3)N=C(OCC3CNC(=O)C3)N2N1. The molecule has 0 radical (unpaired) electrons. The zero-order chi connectivity index (χ0) is 19.2. The molecular weight excluding hydrogens is 346 g/mol.